The minimum Gasteiger partial charge on any atom is -0.378 e. The summed E-state index contributed by atoms with van der Waals surface area (Å²) in [4.78, 5) is 10.6. The Bertz CT molecular complexity index is 1060. The topological polar surface area (TPSA) is 55.2 Å². The van der Waals surface area contributed by atoms with Gasteiger partial charge in [-0.2, -0.15) is 0 Å². The average Bonchev–Trinajstić information content (AvgIpc) is 3.24. The van der Waals surface area contributed by atoms with Gasteiger partial charge in [0.1, 0.15) is 0 Å². The predicted octanol–water partition coefficient (Wildman–Crippen LogP) is 6.09. The lowest BCUT2D eigenvalue weighted by Crippen LogP contribution is -2.29. The van der Waals surface area contributed by atoms with Crippen molar-refractivity contribution in [3.8, 4) is 11.1 Å². The summed E-state index contributed by atoms with van der Waals surface area (Å²) in [6, 6.07) is 24.2. The van der Waals surface area contributed by atoms with E-state index in [2.05, 4.69) is 59.9 Å². The summed E-state index contributed by atoms with van der Waals surface area (Å²) in [6.45, 7) is 0. The highest BCUT2D eigenvalue weighted by molar-refractivity contribution is 5.71. The highest BCUT2D eigenvalue weighted by atomic mass is 16.6. The largest absolute Gasteiger partial charge is 0.378 e. The Balaban J connectivity index is 1.52. The molecule has 3 atom stereocenters. The Kier molecular flexibility index (Phi) is 3.97. The zero-order chi connectivity index (χ0) is 19.1. The number of hydrogen-bond donors (Lipinski definition) is 1. The van der Waals surface area contributed by atoms with Gasteiger partial charge in [0.15, 0.2) is 0 Å². The van der Waals surface area contributed by atoms with E-state index in [-0.39, 0.29) is 16.7 Å². The van der Waals surface area contributed by atoms with Crippen molar-refractivity contribution in [2.45, 2.75) is 18.4 Å². The van der Waals surface area contributed by atoms with Crippen molar-refractivity contribution in [2.75, 3.05) is 5.32 Å². The van der Waals surface area contributed by atoms with E-state index in [1.165, 1.54) is 16.7 Å². The Morgan fingerprint density at radius 1 is 0.929 bits per heavy atom. The molecule has 0 fully saturated rings. The molecule has 1 aliphatic heterocycles. The van der Waals surface area contributed by atoms with Gasteiger partial charge in [0.05, 0.1) is 11.0 Å². The molecule has 1 heterocycles. The first-order valence-electron chi connectivity index (χ1n) is 9.57. The summed E-state index contributed by atoms with van der Waals surface area (Å²) in [5.74, 6) is 0.778. The van der Waals surface area contributed by atoms with Crippen molar-refractivity contribution < 1.29 is 4.92 Å². The predicted molar refractivity (Wildman–Crippen MR) is 111 cm³/mol. The summed E-state index contributed by atoms with van der Waals surface area (Å²) < 4.78 is 0. The molecule has 0 saturated heterocycles. The van der Waals surface area contributed by atoms with Gasteiger partial charge in [0.2, 0.25) is 0 Å². The van der Waals surface area contributed by atoms with E-state index < -0.39 is 0 Å². The van der Waals surface area contributed by atoms with Gasteiger partial charge in [-0.05, 0) is 46.7 Å². The van der Waals surface area contributed by atoms with Gasteiger partial charge >= 0.3 is 0 Å². The minimum absolute atomic E-state index is 0.133. The number of rotatable bonds is 3. The molecule has 3 aromatic rings. The van der Waals surface area contributed by atoms with Crippen LogP contribution in [-0.2, 0) is 0 Å². The molecule has 0 unspecified atom stereocenters. The summed E-state index contributed by atoms with van der Waals surface area (Å²) in [7, 11) is 0. The lowest BCUT2D eigenvalue weighted by Gasteiger charge is -2.37. The van der Waals surface area contributed by atoms with E-state index in [1.807, 2.05) is 18.2 Å². The fourth-order valence-electron chi connectivity index (χ4n) is 4.54. The van der Waals surface area contributed by atoms with Crippen LogP contribution in [-0.4, -0.2) is 4.92 Å². The quantitative estimate of drug-likeness (QED) is 0.346. The normalized spacial score (nSPS) is 22.2. The van der Waals surface area contributed by atoms with Gasteiger partial charge in [-0.25, -0.2) is 0 Å². The first-order chi connectivity index (χ1) is 13.7. The summed E-state index contributed by atoms with van der Waals surface area (Å²) >= 11 is 0. The van der Waals surface area contributed by atoms with E-state index in [4.69, 9.17) is 0 Å². The average molecular weight is 368 g/mol. The highest BCUT2D eigenvalue weighted by Gasteiger charge is 2.38. The van der Waals surface area contributed by atoms with Gasteiger partial charge in [0, 0.05) is 23.7 Å². The van der Waals surface area contributed by atoms with Gasteiger partial charge in [-0.1, -0.05) is 60.7 Å². The first-order valence-corrected chi connectivity index (χ1v) is 9.57. The summed E-state index contributed by atoms with van der Waals surface area (Å²) in [5, 5.41) is 14.7. The third-order valence-electron chi connectivity index (χ3n) is 5.93. The van der Waals surface area contributed by atoms with Gasteiger partial charge in [-0.15, -0.1) is 0 Å². The number of hydrogen-bond acceptors (Lipinski definition) is 3. The SMILES string of the molecule is O=[N+]([O-])c1ccc([C@H]2Nc3ccc(-c4ccccc4)cc3[C@@H]3C=CC[C@H]23)cc1. The fraction of sp³-hybridized carbons (Fsp3) is 0.167. The van der Waals surface area contributed by atoms with Crippen LogP contribution in [0.4, 0.5) is 11.4 Å². The molecule has 4 nitrogen and oxygen atoms in total. The molecule has 1 N–H and O–H groups in total. The van der Waals surface area contributed by atoms with Crippen LogP contribution >= 0.6 is 0 Å². The molecule has 1 aliphatic carbocycles. The second-order valence-electron chi connectivity index (χ2n) is 7.49. The molecule has 4 heteroatoms. The van der Waals surface area contributed by atoms with Crippen molar-refractivity contribution in [1.29, 1.82) is 0 Å². The van der Waals surface area contributed by atoms with Gasteiger partial charge in [0.25, 0.3) is 5.69 Å². The molecular formula is C24H20N2O2. The number of nitro benzene ring substituents is 1. The fourth-order valence-corrected chi connectivity index (χ4v) is 4.54. The number of allylic oxidation sites excluding steroid dienone is 2. The summed E-state index contributed by atoms with van der Waals surface area (Å²) in [6.07, 6.45) is 5.59. The van der Waals surface area contributed by atoms with Gasteiger partial charge in [-0.3, -0.25) is 10.1 Å². The molecule has 0 aromatic heterocycles. The molecule has 3 aromatic carbocycles. The van der Waals surface area contributed by atoms with E-state index in [9.17, 15) is 10.1 Å². The van der Waals surface area contributed by atoms with Crippen molar-refractivity contribution >= 4 is 11.4 Å². The Morgan fingerprint density at radius 2 is 1.71 bits per heavy atom. The Hall–Kier alpha value is -3.40. The minimum atomic E-state index is -0.349. The van der Waals surface area contributed by atoms with Crippen LogP contribution in [0.25, 0.3) is 11.1 Å². The van der Waals surface area contributed by atoms with Crippen molar-refractivity contribution in [2.24, 2.45) is 5.92 Å². The molecule has 2 aliphatic rings. The maximum absolute atomic E-state index is 11.0. The van der Waals surface area contributed by atoms with Crippen LogP contribution in [0.3, 0.4) is 0 Å². The smallest absolute Gasteiger partial charge is 0.269 e. The van der Waals surface area contributed by atoms with Crippen LogP contribution in [0.2, 0.25) is 0 Å². The molecule has 0 radical (unpaired) electrons. The monoisotopic (exact) mass is 368 g/mol. The molecule has 28 heavy (non-hydrogen) atoms. The van der Waals surface area contributed by atoms with Crippen molar-refractivity contribution in [3.63, 3.8) is 0 Å². The number of nitrogens with zero attached hydrogens (tertiary/aromatic N) is 1. The van der Waals surface area contributed by atoms with Crippen LogP contribution in [0.15, 0.2) is 84.9 Å². The number of non-ortho nitro benzene ring substituents is 1. The third kappa shape index (κ3) is 2.78. The van der Waals surface area contributed by atoms with Crippen LogP contribution < -0.4 is 5.32 Å². The lowest BCUT2D eigenvalue weighted by molar-refractivity contribution is -0.384. The van der Waals surface area contributed by atoms with E-state index >= 15 is 0 Å². The van der Waals surface area contributed by atoms with Crippen LogP contribution in [0, 0.1) is 16.0 Å². The Labute approximate surface area is 163 Å². The van der Waals surface area contributed by atoms with Gasteiger partial charge < -0.3 is 5.32 Å². The number of fused-ring (bicyclic) bond motifs is 3. The molecule has 0 amide bonds. The second kappa shape index (κ2) is 6.64. The molecule has 0 saturated carbocycles. The maximum atomic E-state index is 11.0. The number of nitro groups is 1. The third-order valence-corrected chi connectivity index (χ3v) is 5.93. The van der Waals surface area contributed by atoms with Crippen LogP contribution in [0.5, 0.6) is 0 Å². The molecule has 138 valence electrons. The van der Waals surface area contributed by atoms with Crippen LogP contribution in [0.1, 0.15) is 29.5 Å². The highest BCUT2D eigenvalue weighted by Crippen LogP contribution is 2.50. The van der Waals surface area contributed by atoms with Crippen molar-refractivity contribution in [3.05, 3.63) is 106 Å². The maximum Gasteiger partial charge on any atom is 0.269 e. The zero-order valence-electron chi connectivity index (χ0n) is 15.3. The Morgan fingerprint density at radius 3 is 2.46 bits per heavy atom. The number of nitrogens with one attached hydrogen (secondary N) is 1. The van der Waals surface area contributed by atoms with Crippen molar-refractivity contribution in [1.82, 2.24) is 0 Å². The summed E-state index contributed by atoms with van der Waals surface area (Å²) in [5.41, 5.74) is 6.17. The zero-order valence-corrected chi connectivity index (χ0v) is 15.3. The molecule has 0 spiro atoms. The molecular weight excluding hydrogens is 348 g/mol. The number of anilines is 1. The van der Waals surface area contributed by atoms with E-state index in [0.29, 0.717) is 11.8 Å². The first kappa shape index (κ1) is 16.8. The molecule has 0 bridgehead atoms. The standard InChI is InChI=1S/C24H20N2O2/c27-26(28)19-12-9-17(10-13-19)24-21-8-4-7-20(21)22-15-18(11-14-23(22)25-24)16-5-2-1-3-6-16/h1-7,9-15,20-21,24-25H,8H2/t20-,21+,24-/m1/s1. The lowest BCUT2D eigenvalue weighted by atomic mass is 9.76. The van der Waals surface area contributed by atoms with E-state index in [0.717, 1.165) is 17.7 Å². The number of benzene rings is 3. The molecule has 5 rings (SSSR count). The second-order valence-corrected chi connectivity index (χ2v) is 7.49. The van der Waals surface area contributed by atoms with E-state index in [1.54, 1.807) is 12.1 Å².